The lowest BCUT2D eigenvalue weighted by atomic mass is 10.0. The first kappa shape index (κ1) is 26.3. The quantitative estimate of drug-likeness (QED) is 0.367. The van der Waals surface area contributed by atoms with Gasteiger partial charge in [-0.2, -0.15) is 0 Å². The molecule has 1 aromatic carbocycles. The Morgan fingerprint density at radius 3 is 2.18 bits per heavy atom. The van der Waals surface area contributed by atoms with Gasteiger partial charge in [-0.3, -0.25) is 9.59 Å². The van der Waals surface area contributed by atoms with Gasteiger partial charge < -0.3 is 15.0 Å². The number of nitrogens with one attached hydrogen (secondary N) is 1. The van der Waals surface area contributed by atoms with Gasteiger partial charge in [0, 0.05) is 19.2 Å². The van der Waals surface area contributed by atoms with Crippen LogP contribution in [0.25, 0.3) is 6.08 Å². The summed E-state index contributed by atoms with van der Waals surface area (Å²) in [6.07, 6.45) is 2.81. The van der Waals surface area contributed by atoms with Gasteiger partial charge in [0.25, 0.3) is 5.91 Å². The first-order valence-electron chi connectivity index (χ1n) is 11.3. The molecule has 0 spiro atoms. The molecule has 0 unspecified atom stereocenters. The van der Waals surface area contributed by atoms with Crippen molar-refractivity contribution in [1.29, 1.82) is 0 Å². The lowest BCUT2D eigenvalue weighted by molar-refractivity contribution is -0.111. The van der Waals surface area contributed by atoms with Gasteiger partial charge in [0.1, 0.15) is 5.00 Å². The van der Waals surface area contributed by atoms with Crippen LogP contribution >= 0.6 is 11.3 Å². The van der Waals surface area contributed by atoms with Crippen LogP contribution in [0.2, 0.25) is 0 Å². The Morgan fingerprint density at radius 1 is 1.06 bits per heavy atom. The van der Waals surface area contributed by atoms with Crippen LogP contribution in [0, 0.1) is 6.92 Å². The monoisotopic (exact) mass is 470 g/mol. The largest absolute Gasteiger partial charge is 0.459 e. The molecule has 7 heteroatoms. The summed E-state index contributed by atoms with van der Waals surface area (Å²) in [5.41, 5.74) is 2.87. The zero-order chi connectivity index (χ0) is 24.7. The molecule has 1 heterocycles. The van der Waals surface area contributed by atoms with Crippen molar-refractivity contribution < 1.29 is 19.1 Å². The molecule has 0 radical (unpaired) electrons. The number of rotatable bonds is 9. The summed E-state index contributed by atoms with van der Waals surface area (Å²) in [5, 5.41) is 3.09. The molecule has 1 N–H and O–H groups in total. The summed E-state index contributed by atoms with van der Waals surface area (Å²) in [6.45, 7) is 14.4. The maximum absolute atomic E-state index is 13.0. The van der Waals surface area contributed by atoms with Gasteiger partial charge in [0.05, 0.1) is 16.5 Å². The van der Waals surface area contributed by atoms with Gasteiger partial charge in [-0.05, 0) is 63.3 Å². The van der Waals surface area contributed by atoms with E-state index < -0.39 is 5.97 Å². The fourth-order valence-corrected chi connectivity index (χ4v) is 4.46. The van der Waals surface area contributed by atoms with E-state index in [0.29, 0.717) is 34.4 Å². The third-order valence-electron chi connectivity index (χ3n) is 5.21. The molecule has 0 aliphatic carbocycles. The zero-order valence-electron chi connectivity index (χ0n) is 20.5. The summed E-state index contributed by atoms with van der Waals surface area (Å²) in [6, 6.07) is 7.99. The van der Waals surface area contributed by atoms with Crippen LogP contribution in [0.4, 0.5) is 5.00 Å². The summed E-state index contributed by atoms with van der Waals surface area (Å²) in [7, 11) is 0. The Labute approximate surface area is 200 Å². The molecule has 2 amide bonds. The van der Waals surface area contributed by atoms with Gasteiger partial charge in [0.2, 0.25) is 5.91 Å². The number of benzene rings is 1. The van der Waals surface area contributed by atoms with Crippen molar-refractivity contribution in [3.8, 4) is 0 Å². The topological polar surface area (TPSA) is 75.7 Å². The maximum atomic E-state index is 13.0. The number of ether oxygens (including phenoxy) is 1. The molecule has 0 aliphatic rings. The van der Waals surface area contributed by atoms with Crippen LogP contribution in [0.15, 0.2) is 30.3 Å². The lowest BCUT2D eigenvalue weighted by Gasteiger charge is -2.18. The van der Waals surface area contributed by atoms with Gasteiger partial charge in [-0.1, -0.05) is 38.1 Å². The number of amides is 2. The van der Waals surface area contributed by atoms with Crippen LogP contribution in [0.3, 0.4) is 0 Å². The normalized spacial score (nSPS) is 11.3. The van der Waals surface area contributed by atoms with Crippen molar-refractivity contribution in [2.75, 3.05) is 18.4 Å². The zero-order valence-corrected chi connectivity index (χ0v) is 21.3. The molecule has 0 fully saturated rings. The molecule has 6 nitrogen and oxygen atoms in total. The molecule has 0 atom stereocenters. The van der Waals surface area contributed by atoms with Crippen molar-refractivity contribution in [3.63, 3.8) is 0 Å². The second kappa shape index (κ2) is 11.8. The second-order valence-corrected chi connectivity index (χ2v) is 9.36. The summed E-state index contributed by atoms with van der Waals surface area (Å²) in [5.74, 6) is -0.668. The molecule has 178 valence electrons. The first-order valence-corrected chi connectivity index (χ1v) is 12.1. The number of thiophene rings is 1. The fourth-order valence-electron chi connectivity index (χ4n) is 3.30. The number of hydrogen-bond donors (Lipinski definition) is 1. The molecule has 0 saturated heterocycles. The second-order valence-electron chi connectivity index (χ2n) is 8.34. The van der Waals surface area contributed by atoms with Crippen molar-refractivity contribution in [2.45, 2.75) is 60.5 Å². The van der Waals surface area contributed by atoms with Gasteiger partial charge in [-0.25, -0.2) is 4.79 Å². The molecule has 33 heavy (non-hydrogen) atoms. The highest BCUT2D eigenvalue weighted by Crippen LogP contribution is 2.35. The van der Waals surface area contributed by atoms with E-state index in [4.69, 9.17) is 4.74 Å². The number of carbonyl (C=O) groups is 3. The summed E-state index contributed by atoms with van der Waals surface area (Å²) in [4.78, 5) is 40.5. The van der Waals surface area contributed by atoms with E-state index in [1.807, 2.05) is 38.1 Å². The van der Waals surface area contributed by atoms with E-state index >= 15 is 0 Å². The standard InChI is InChI=1S/C26H34N2O4S/c1-8-28(9-2)25(30)23-18(7)22(26(31)32-17(5)6)24(33-23)27-21(29)15-12-19-10-13-20(14-11-19)16(3)4/h10-17H,8-9H2,1-7H3,(H,27,29). The maximum Gasteiger partial charge on any atom is 0.341 e. The summed E-state index contributed by atoms with van der Waals surface area (Å²) >= 11 is 1.11. The Morgan fingerprint density at radius 2 is 1.67 bits per heavy atom. The van der Waals surface area contributed by atoms with Crippen LogP contribution in [0.1, 0.15) is 84.2 Å². The van der Waals surface area contributed by atoms with E-state index in [1.165, 1.54) is 11.6 Å². The number of hydrogen-bond acceptors (Lipinski definition) is 5. The molecule has 0 aliphatic heterocycles. The highest BCUT2D eigenvalue weighted by atomic mass is 32.1. The minimum atomic E-state index is -0.555. The Bertz CT molecular complexity index is 1020. The third-order valence-corrected chi connectivity index (χ3v) is 6.40. The average Bonchev–Trinajstić information content (AvgIpc) is 3.08. The molecular weight excluding hydrogens is 436 g/mol. The number of anilines is 1. The van der Waals surface area contributed by atoms with E-state index in [-0.39, 0.29) is 23.5 Å². The predicted octanol–water partition coefficient (Wildman–Crippen LogP) is 5.88. The third kappa shape index (κ3) is 6.78. The predicted molar refractivity (Wildman–Crippen MR) is 135 cm³/mol. The lowest BCUT2D eigenvalue weighted by Crippen LogP contribution is -2.30. The highest BCUT2D eigenvalue weighted by Gasteiger charge is 2.28. The van der Waals surface area contributed by atoms with Crippen LogP contribution in [-0.4, -0.2) is 41.9 Å². The average molecular weight is 471 g/mol. The highest BCUT2D eigenvalue weighted by molar-refractivity contribution is 7.18. The molecule has 2 aromatic rings. The fraction of sp³-hybridized carbons (Fsp3) is 0.423. The van der Waals surface area contributed by atoms with Gasteiger partial charge in [0.15, 0.2) is 0 Å². The molecule has 0 bridgehead atoms. The Kier molecular flexibility index (Phi) is 9.41. The summed E-state index contributed by atoms with van der Waals surface area (Å²) < 4.78 is 5.38. The number of esters is 1. The Hall–Kier alpha value is -2.93. The first-order chi connectivity index (χ1) is 15.6. The molecule has 0 saturated carbocycles. The van der Waals surface area contributed by atoms with E-state index in [2.05, 4.69) is 19.2 Å². The van der Waals surface area contributed by atoms with E-state index in [0.717, 1.165) is 16.9 Å². The van der Waals surface area contributed by atoms with Crippen molar-refractivity contribution in [2.24, 2.45) is 0 Å². The molecule has 1 aromatic heterocycles. The van der Waals surface area contributed by atoms with Gasteiger partial charge >= 0.3 is 5.97 Å². The van der Waals surface area contributed by atoms with Crippen LogP contribution < -0.4 is 5.32 Å². The Balaban J connectivity index is 2.32. The van der Waals surface area contributed by atoms with E-state index in [1.54, 1.807) is 31.7 Å². The van der Waals surface area contributed by atoms with Crippen molar-refractivity contribution in [1.82, 2.24) is 4.90 Å². The molecule has 2 rings (SSSR count). The van der Waals surface area contributed by atoms with Crippen molar-refractivity contribution in [3.05, 3.63) is 57.5 Å². The smallest absolute Gasteiger partial charge is 0.341 e. The van der Waals surface area contributed by atoms with Crippen molar-refractivity contribution >= 4 is 40.2 Å². The number of carbonyl (C=O) groups excluding carboxylic acids is 3. The van der Waals surface area contributed by atoms with Crippen LogP contribution in [0.5, 0.6) is 0 Å². The minimum Gasteiger partial charge on any atom is -0.459 e. The van der Waals surface area contributed by atoms with Gasteiger partial charge in [-0.15, -0.1) is 11.3 Å². The molecular formula is C26H34N2O4S. The van der Waals surface area contributed by atoms with E-state index in [9.17, 15) is 14.4 Å². The number of nitrogens with zero attached hydrogens (tertiary/aromatic N) is 1. The minimum absolute atomic E-state index is 0.164. The SMILES string of the molecule is CCN(CC)C(=O)c1sc(NC(=O)C=Cc2ccc(C(C)C)cc2)c(C(=O)OC(C)C)c1C. The van der Waals surface area contributed by atoms with Crippen LogP contribution in [-0.2, 0) is 9.53 Å².